The fraction of sp³-hybridized carbons (Fsp3) is 0.105. The average molecular weight is 352 g/mol. The number of amides is 1. The Hall–Kier alpha value is -3.61. The van der Waals surface area contributed by atoms with Gasteiger partial charge in [0.1, 0.15) is 11.5 Å². The van der Waals surface area contributed by atoms with Gasteiger partial charge in [0.15, 0.2) is 5.76 Å². The van der Waals surface area contributed by atoms with Crippen LogP contribution in [0, 0.1) is 17.0 Å². The van der Waals surface area contributed by atoms with E-state index in [1.807, 2.05) is 25.1 Å². The van der Waals surface area contributed by atoms with E-state index < -0.39 is 10.8 Å². The number of ether oxygens (including phenoxy) is 1. The molecule has 3 rings (SSSR count). The smallest absolute Gasteiger partial charge is 0.291 e. The molecule has 0 atom stereocenters. The van der Waals surface area contributed by atoms with Crippen LogP contribution in [0.2, 0.25) is 0 Å². The summed E-state index contributed by atoms with van der Waals surface area (Å²) in [6.45, 7) is 1.92. The largest absolute Gasteiger partial charge is 0.497 e. The number of nitrogens with one attached hydrogen (secondary N) is 1. The SMILES string of the molecule is COc1ccc(-c2ccc(C(=O)Nc3cccc(C)c3)o2)c([N+](=O)[O-])c1. The van der Waals surface area contributed by atoms with Crippen LogP contribution >= 0.6 is 0 Å². The van der Waals surface area contributed by atoms with Gasteiger partial charge in [-0.25, -0.2) is 0 Å². The molecule has 0 unspecified atom stereocenters. The Balaban J connectivity index is 1.88. The molecule has 0 aliphatic rings. The summed E-state index contributed by atoms with van der Waals surface area (Å²) < 4.78 is 10.6. The maximum absolute atomic E-state index is 12.3. The average Bonchev–Trinajstić information content (AvgIpc) is 3.11. The fourth-order valence-electron chi connectivity index (χ4n) is 2.52. The van der Waals surface area contributed by atoms with Crippen molar-refractivity contribution in [1.82, 2.24) is 0 Å². The fourth-order valence-corrected chi connectivity index (χ4v) is 2.52. The number of carbonyl (C=O) groups is 1. The predicted molar refractivity (Wildman–Crippen MR) is 96.5 cm³/mol. The van der Waals surface area contributed by atoms with E-state index in [0.717, 1.165) is 5.56 Å². The van der Waals surface area contributed by atoms with Crippen LogP contribution in [0.5, 0.6) is 5.75 Å². The summed E-state index contributed by atoms with van der Waals surface area (Å²) in [6.07, 6.45) is 0. The van der Waals surface area contributed by atoms with E-state index in [1.54, 1.807) is 12.1 Å². The number of hydrogen-bond acceptors (Lipinski definition) is 5. The maximum atomic E-state index is 12.3. The Morgan fingerprint density at radius 3 is 2.65 bits per heavy atom. The van der Waals surface area contributed by atoms with Gasteiger partial charge in [-0.3, -0.25) is 14.9 Å². The van der Waals surface area contributed by atoms with Crippen molar-refractivity contribution in [1.29, 1.82) is 0 Å². The van der Waals surface area contributed by atoms with E-state index in [9.17, 15) is 14.9 Å². The van der Waals surface area contributed by atoms with Crippen molar-refractivity contribution in [3.05, 3.63) is 76.0 Å². The highest BCUT2D eigenvalue weighted by atomic mass is 16.6. The number of rotatable bonds is 5. The lowest BCUT2D eigenvalue weighted by Gasteiger charge is -2.05. The second kappa shape index (κ2) is 7.10. The van der Waals surface area contributed by atoms with E-state index in [2.05, 4.69) is 5.32 Å². The second-order valence-electron chi connectivity index (χ2n) is 5.63. The first-order valence-corrected chi connectivity index (χ1v) is 7.78. The minimum Gasteiger partial charge on any atom is -0.497 e. The molecular weight excluding hydrogens is 336 g/mol. The molecule has 1 heterocycles. The van der Waals surface area contributed by atoms with E-state index in [-0.39, 0.29) is 22.8 Å². The Morgan fingerprint density at radius 2 is 1.96 bits per heavy atom. The topological polar surface area (TPSA) is 94.6 Å². The molecule has 0 saturated heterocycles. The molecule has 2 aromatic carbocycles. The first kappa shape index (κ1) is 17.2. The van der Waals surface area contributed by atoms with Crippen LogP contribution in [0.1, 0.15) is 16.1 Å². The molecule has 1 N–H and O–H groups in total. The predicted octanol–water partition coefficient (Wildman–Crippen LogP) is 4.42. The van der Waals surface area contributed by atoms with Crippen molar-refractivity contribution < 1.29 is 18.9 Å². The zero-order valence-electron chi connectivity index (χ0n) is 14.2. The van der Waals surface area contributed by atoms with Gasteiger partial charge in [0.2, 0.25) is 0 Å². The van der Waals surface area contributed by atoms with Gasteiger partial charge >= 0.3 is 0 Å². The summed E-state index contributed by atoms with van der Waals surface area (Å²) in [4.78, 5) is 23.1. The summed E-state index contributed by atoms with van der Waals surface area (Å²) in [5.41, 5.74) is 1.76. The Kier molecular flexibility index (Phi) is 4.70. The number of nitro groups is 1. The molecule has 0 aliphatic carbocycles. The molecule has 0 bridgehead atoms. The number of nitro benzene ring substituents is 1. The molecule has 1 aromatic heterocycles. The Bertz CT molecular complexity index is 978. The highest BCUT2D eigenvalue weighted by molar-refractivity contribution is 6.02. The summed E-state index contributed by atoms with van der Waals surface area (Å²) in [5.74, 6) is 0.225. The number of aryl methyl sites for hydroxylation is 1. The lowest BCUT2D eigenvalue weighted by atomic mass is 10.1. The van der Waals surface area contributed by atoms with Crippen molar-refractivity contribution in [3.63, 3.8) is 0 Å². The van der Waals surface area contributed by atoms with Crippen LogP contribution in [-0.2, 0) is 0 Å². The van der Waals surface area contributed by atoms with Crippen molar-refractivity contribution in [2.45, 2.75) is 6.92 Å². The van der Waals surface area contributed by atoms with Crippen LogP contribution < -0.4 is 10.1 Å². The van der Waals surface area contributed by atoms with Gasteiger partial charge in [-0.2, -0.15) is 0 Å². The minimum absolute atomic E-state index is 0.0617. The first-order chi connectivity index (χ1) is 12.5. The minimum atomic E-state index is -0.521. The van der Waals surface area contributed by atoms with E-state index in [1.165, 1.54) is 31.4 Å². The van der Waals surface area contributed by atoms with Gasteiger partial charge in [0, 0.05) is 5.69 Å². The number of methoxy groups -OCH3 is 1. The second-order valence-corrected chi connectivity index (χ2v) is 5.63. The van der Waals surface area contributed by atoms with E-state index >= 15 is 0 Å². The normalized spacial score (nSPS) is 10.4. The van der Waals surface area contributed by atoms with Gasteiger partial charge < -0.3 is 14.5 Å². The van der Waals surface area contributed by atoms with Gasteiger partial charge in [-0.05, 0) is 48.9 Å². The van der Waals surface area contributed by atoms with Gasteiger partial charge in [0.05, 0.1) is 23.7 Å². The number of carbonyl (C=O) groups excluding carboxylic acids is 1. The molecule has 1 amide bonds. The van der Waals surface area contributed by atoms with Crippen molar-refractivity contribution in [3.8, 4) is 17.1 Å². The molecular formula is C19H16N2O5. The van der Waals surface area contributed by atoms with Crippen molar-refractivity contribution in [2.75, 3.05) is 12.4 Å². The Morgan fingerprint density at radius 1 is 1.15 bits per heavy atom. The molecule has 0 radical (unpaired) electrons. The third-order valence-corrected chi connectivity index (χ3v) is 3.77. The highest BCUT2D eigenvalue weighted by Crippen LogP contribution is 2.34. The molecule has 7 heteroatoms. The molecule has 0 fully saturated rings. The highest BCUT2D eigenvalue weighted by Gasteiger charge is 2.21. The number of nitrogens with zero attached hydrogens (tertiary/aromatic N) is 1. The van der Waals surface area contributed by atoms with E-state index in [0.29, 0.717) is 11.4 Å². The molecule has 7 nitrogen and oxygen atoms in total. The maximum Gasteiger partial charge on any atom is 0.291 e. The number of anilines is 1. The zero-order valence-corrected chi connectivity index (χ0v) is 14.2. The third kappa shape index (κ3) is 3.56. The monoisotopic (exact) mass is 352 g/mol. The van der Waals surface area contributed by atoms with Crippen LogP contribution in [0.25, 0.3) is 11.3 Å². The van der Waals surface area contributed by atoms with Crippen molar-refractivity contribution >= 4 is 17.3 Å². The number of hydrogen-bond donors (Lipinski definition) is 1. The van der Waals surface area contributed by atoms with Crippen LogP contribution in [0.4, 0.5) is 11.4 Å². The molecule has 0 spiro atoms. The Labute approximate surface area is 149 Å². The van der Waals surface area contributed by atoms with Crippen LogP contribution in [0.3, 0.4) is 0 Å². The summed E-state index contributed by atoms with van der Waals surface area (Å²) in [6, 6.07) is 14.8. The molecule has 26 heavy (non-hydrogen) atoms. The standard InChI is InChI=1S/C19H16N2O5/c1-12-4-3-5-13(10-12)20-19(22)18-9-8-17(26-18)15-7-6-14(25-2)11-16(15)21(23)24/h3-11H,1-2H3,(H,20,22). The summed E-state index contributed by atoms with van der Waals surface area (Å²) in [5, 5.41) is 14.0. The third-order valence-electron chi connectivity index (χ3n) is 3.77. The van der Waals surface area contributed by atoms with Gasteiger partial charge in [-0.15, -0.1) is 0 Å². The van der Waals surface area contributed by atoms with E-state index in [4.69, 9.17) is 9.15 Å². The molecule has 0 saturated carbocycles. The van der Waals surface area contributed by atoms with Crippen molar-refractivity contribution in [2.24, 2.45) is 0 Å². The zero-order chi connectivity index (χ0) is 18.7. The van der Waals surface area contributed by atoms with Gasteiger partial charge in [0.25, 0.3) is 11.6 Å². The summed E-state index contributed by atoms with van der Waals surface area (Å²) >= 11 is 0. The number of furan rings is 1. The lowest BCUT2D eigenvalue weighted by Crippen LogP contribution is -2.10. The van der Waals surface area contributed by atoms with Crippen LogP contribution in [-0.4, -0.2) is 17.9 Å². The molecule has 0 aliphatic heterocycles. The lowest BCUT2D eigenvalue weighted by molar-refractivity contribution is -0.384. The quantitative estimate of drug-likeness (QED) is 0.541. The number of benzene rings is 2. The van der Waals surface area contributed by atoms with Crippen LogP contribution in [0.15, 0.2) is 59.0 Å². The first-order valence-electron chi connectivity index (χ1n) is 7.78. The van der Waals surface area contributed by atoms with Gasteiger partial charge in [-0.1, -0.05) is 12.1 Å². The summed E-state index contributed by atoms with van der Waals surface area (Å²) in [7, 11) is 1.43. The molecule has 3 aromatic rings. The molecule has 132 valence electrons.